The molecule has 0 aromatic rings. The maximum Gasteiger partial charge on any atom is 0.155 e. The van der Waals surface area contributed by atoms with Crippen molar-refractivity contribution >= 4 is 5.78 Å². The Morgan fingerprint density at radius 3 is 2.87 bits per heavy atom. The van der Waals surface area contributed by atoms with Gasteiger partial charge in [0, 0.05) is 0 Å². The molecule has 0 N–H and O–H groups in total. The number of hydrogen-bond acceptors (Lipinski definition) is 1. The van der Waals surface area contributed by atoms with Crippen molar-refractivity contribution in [1.82, 2.24) is 0 Å². The second-order valence-corrected chi connectivity index (χ2v) is 5.80. The molecule has 0 bridgehead atoms. The zero-order chi connectivity index (χ0) is 11.1. The van der Waals surface area contributed by atoms with Gasteiger partial charge in [-0.15, -0.1) is 0 Å². The lowest BCUT2D eigenvalue weighted by Gasteiger charge is -2.47. The van der Waals surface area contributed by atoms with E-state index in [-0.39, 0.29) is 5.78 Å². The average molecular weight is 206 g/mol. The molecule has 0 spiro atoms. The van der Waals surface area contributed by atoms with Gasteiger partial charge in [-0.2, -0.15) is 0 Å². The highest BCUT2D eigenvalue weighted by Crippen LogP contribution is 2.51. The zero-order valence-electron chi connectivity index (χ0n) is 10.2. The molecule has 2 aliphatic rings. The summed E-state index contributed by atoms with van der Waals surface area (Å²) in [5.41, 5.74) is 1.57. The summed E-state index contributed by atoms with van der Waals surface area (Å²) in [5, 5.41) is 0. The van der Waals surface area contributed by atoms with E-state index in [4.69, 9.17) is 0 Å². The van der Waals surface area contributed by atoms with Crippen molar-refractivity contribution in [3.8, 4) is 0 Å². The van der Waals surface area contributed by atoms with Gasteiger partial charge in [0.25, 0.3) is 0 Å². The van der Waals surface area contributed by atoms with Gasteiger partial charge in [-0.3, -0.25) is 4.79 Å². The highest BCUT2D eigenvalue weighted by Gasteiger charge is 2.41. The number of fused-ring (bicyclic) bond motifs is 1. The van der Waals surface area contributed by atoms with Crippen molar-refractivity contribution in [2.24, 2.45) is 17.3 Å². The lowest BCUT2D eigenvalue weighted by atomic mass is 9.58. The zero-order valence-corrected chi connectivity index (χ0v) is 10.2. The molecule has 0 aromatic heterocycles. The second kappa shape index (κ2) is 3.77. The molecule has 0 aromatic carbocycles. The number of carbonyl (C=O) groups is 1. The Hall–Kier alpha value is -0.590. The number of Topliss-reactive ketones (excluding diaryl/α,β-unsaturated/α-hetero) is 1. The molecule has 0 unspecified atom stereocenters. The summed E-state index contributed by atoms with van der Waals surface area (Å²) in [6.07, 6.45) is 8.58. The average Bonchev–Trinajstić information content (AvgIpc) is 2.17. The minimum atomic E-state index is 0.287. The van der Waals surface area contributed by atoms with E-state index in [1.165, 1.54) is 25.7 Å². The van der Waals surface area contributed by atoms with Gasteiger partial charge < -0.3 is 0 Å². The van der Waals surface area contributed by atoms with E-state index < -0.39 is 0 Å². The summed E-state index contributed by atoms with van der Waals surface area (Å²) in [6.45, 7) is 6.48. The Balaban J connectivity index is 2.28. The normalized spacial score (nSPS) is 40.6. The first-order chi connectivity index (χ1) is 7.03. The van der Waals surface area contributed by atoms with Gasteiger partial charge in [-0.25, -0.2) is 0 Å². The van der Waals surface area contributed by atoms with Crippen LogP contribution in [-0.2, 0) is 4.79 Å². The standard InChI is InChI=1S/C14H22O/c1-10-5-4-7-14(3)8-6-12(11(2)15)9-13(10)14/h9-10,13H,4-8H2,1-3H3/t10-,13+,14+/m0/s1. The quantitative estimate of drug-likeness (QED) is 0.638. The molecule has 1 fully saturated rings. The predicted molar refractivity (Wildman–Crippen MR) is 62.6 cm³/mol. The topological polar surface area (TPSA) is 17.1 Å². The van der Waals surface area contributed by atoms with E-state index in [1.807, 2.05) is 0 Å². The maximum absolute atomic E-state index is 11.4. The second-order valence-electron chi connectivity index (χ2n) is 5.80. The molecule has 0 saturated heterocycles. The van der Waals surface area contributed by atoms with Crippen molar-refractivity contribution in [3.63, 3.8) is 0 Å². The molecule has 2 rings (SSSR count). The molecule has 0 amide bonds. The molecule has 1 heteroatoms. The third-order valence-corrected chi connectivity index (χ3v) is 4.62. The molecule has 15 heavy (non-hydrogen) atoms. The van der Waals surface area contributed by atoms with E-state index >= 15 is 0 Å². The third kappa shape index (κ3) is 1.89. The van der Waals surface area contributed by atoms with Crippen LogP contribution in [0.3, 0.4) is 0 Å². The molecule has 2 aliphatic carbocycles. The lowest BCUT2D eigenvalue weighted by molar-refractivity contribution is -0.114. The van der Waals surface area contributed by atoms with Crippen molar-refractivity contribution < 1.29 is 4.79 Å². The summed E-state index contributed by atoms with van der Waals surface area (Å²) in [7, 11) is 0. The molecule has 0 heterocycles. The SMILES string of the molecule is CC(=O)C1=C[C@@H]2[C@@H](C)CCC[C@]2(C)CC1. The number of hydrogen-bond donors (Lipinski definition) is 0. The minimum absolute atomic E-state index is 0.287. The van der Waals surface area contributed by atoms with Gasteiger partial charge in [-0.1, -0.05) is 32.8 Å². The monoisotopic (exact) mass is 206 g/mol. The lowest BCUT2D eigenvalue weighted by Crippen LogP contribution is -2.37. The first-order valence-corrected chi connectivity index (χ1v) is 6.24. The van der Waals surface area contributed by atoms with Crippen molar-refractivity contribution in [2.75, 3.05) is 0 Å². The number of allylic oxidation sites excluding steroid dienone is 2. The summed E-state index contributed by atoms with van der Waals surface area (Å²) in [5.74, 6) is 1.70. The highest BCUT2D eigenvalue weighted by atomic mass is 16.1. The molecule has 1 nitrogen and oxygen atoms in total. The number of ketones is 1. The van der Waals surface area contributed by atoms with Crippen LogP contribution < -0.4 is 0 Å². The Labute approximate surface area is 92.9 Å². The van der Waals surface area contributed by atoms with Crippen LogP contribution in [0, 0.1) is 17.3 Å². The van der Waals surface area contributed by atoms with Crippen molar-refractivity contribution in [1.29, 1.82) is 0 Å². The molecule has 0 radical (unpaired) electrons. The smallest absolute Gasteiger partial charge is 0.155 e. The fourth-order valence-corrected chi connectivity index (χ4v) is 3.53. The van der Waals surface area contributed by atoms with E-state index in [9.17, 15) is 4.79 Å². The van der Waals surface area contributed by atoms with Crippen LogP contribution in [0.4, 0.5) is 0 Å². The fourth-order valence-electron chi connectivity index (χ4n) is 3.53. The summed E-state index contributed by atoms with van der Waals surface area (Å²) in [4.78, 5) is 11.4. The van der Waals surface area contributed by atoms with Crippen LogP contribution in [0.25, 0.3) is 0 Å². The van der Waals surface area contributed by atoms with Gasteiger partial charge in [0.15, 0.2) is 5.78 Å². The molecule has 3 atom stereocenters. The van der Waals surface area contributed by atoms with Crippen LogP contribution in [0.15, 0.2) is 11.6 Å². The third-order valence-electron chi connectivity index (χ3n) is 4.62. The Kier molecular flexibility index (Phi) is 2.74. The highest BCUT2D eigenvalue weighted by molar-refractivity contribution is 5.93. The fraction of sp³-hybridized carbons (Fsp3) is 0.786. The van der Waals surface area contributed by atoms with Crippen LogP contribution in [0.2, 0.25) is 0 Å². The van der Waals surface area contributed by atoms with Gasteiger partial charge in [-0.05, 0) is 49.0 Å². The van der Waals surface area contributed by atoms with Crippen LogP contribution in [0.1, 0.15) is 52.9 Å². The molecule has 1 saturated carbocycles. The van der Waals surface area contributed by atoms with E-state index in [1.54, 1.807) is 6.92 Å². The van der Waals surface area contributed by atoms with Crippen molar-refractivity contribution in [3.05, 3.63) is 11.6 Å². The molecule has 84 valence electrons. The first kappa shape index (κ1) is 10.9. The van der Waals surface area contributed by atoms with Gasteiger partial charge in [0.2, 0.25) is 0 Å². The van der Waals surface area contributed by atoms with Gasteiger partial charge >= 0.3 is 0 Å². The summed E-state index contributed by atoms with van der Waals surface area (Å²) in [6, 6.07) is 0. The first-order valence-electron chi connectivity index (χ1n) is 6.24. The van der Waals surface area contributed by atoms with Crippen molar-refractivity contribution in [2.45, 2.75) is 52.9 Å². The predicted octanol–water partition coefficient (Wildman–Crippen LogP) is 3.74. The van der Waals surface area contributed by atoms with E-state index in [0.717, 1.165) is 17.9 Å². The van der Waals surface area contributed by atoms with E-state index in [0.29, 0.717) is 11.3 Å². The maximum atomic E-state index is 11.4. The number of rotatable bonds is 1. The summed E-state index contributed by atoms with van der Waals surface area (Å²) >= 11 is 0. The Morgan fingerprint density at radius 1 is 1.47 bits per heavy atom. The number of carbonyl (C=O) groups excluding carboxylic acids is 1. The van der Waals surface area contributed by atoms with E-state index in [2.05, 4.69) is 19.9 Å². The van der Waals surface area contributed by atoms with Crippen LogP contribution in [0.5, 0.6) is 0 Å². The summed E-state index contributed by atoms with van der Waals surface area (Å²) < 4.78 is 0. The Bertz CT molecular complexity index is 302. The van der Waals surface area contributed by atoms with Crippen LogP contribution >= 0.6 is 0 Å². The Morgan fingerprint density at radius 2 is 2.20 bits per heavy atom. The molecular weight excluding hydrogens is 184 g/mol. The molecular formula is C14H22O. The van der Waals surface area contributed by atoms with Crippen LogP contribution in [-0.4, -0.2) is 5.78 Å². The van der Waals surface area contributed by atoms with Gasteiger partial charge in [0.1, 0.15) is 0 Å². The molecule has 0 aliphatic heterocycles. The minimum Gasteiger partial charge on any atom is -0.295 e. The largest absolute Gasteiger partial charge is 0.295 e. The van der Waals surface area contributed by atoms with Gasteiger partial charge in [0.05, 0.1) is 0 Å².